The maximum atomic E-state index is 11.8. The van der Waals surface area contributed by atoms with Crippen LogP contribution in [0, 0.1) is 11.8 Å². The first kappa shape index (κ1) is 19.6. The number of amides is 2. The highest BCUT2D eigenvalue weighted by Crippen LogP contribution is 2.21. The first-order valence-corrected chi connectivity index (χ1v) is 9.71. The van der Waals surface area contributed by atoms with Gasteiger partial charge in [-0.3, -0.25) is 9.59 Å². The zero-order valence-electron chi connectivity index (χ0n) is 15.6. The minimum absolute atomic E-state index is 0.119. The SMILES string of the molecule is C[C@@H]1CCCC(=NNC(=O)CCCC(=O)NN=C2CCC[C@@H](C)C2)C1. The molecule has 0 aromatic rings. The topological polar surface area (TPSA) is 82.9 Å². The van der Waals surface area contributed by atoms with Gasteiger partial charge in [0, 0.05) is 24.3 Å². The van der Waals surface area contributed by atoms with Crippen LogP contribution in [0.4, 0.5) is 0 Å². The molecule has 25 heavy (non-hydrogen) atoms. The van der Waals surface area contributed by atoms with Crippen molar-refractivity contribution in [1.29, 1.82) is 0 Å². The third kappa shape index (κ3) is 7.80. The number of carbonyl (C=O) groups is 2. The van der Waals surface area contributed by atoms with Crippen molar-refractivity contribution in [2.24, 2.45) is 22.0 Å². The van der Waals surface area contributed by atoms with Gasteiger partial charge in [0.05, 0.1) is 0 Å². The predicted octanol–water partition coefficient (Wildman–Crippen LogP) is 3.52. The van der Waals surface area contributed by atoms with Crippen LogP contribution in [0.25, 0.3) is 0 Å². The third-order valence-electron chi connectivity index (χ3n) is 4.98. The van der Waals surface area contributed by atoms with E-state index in [9.17, 15) is 9.59 Å². The second-order valence-corrected chi connectivity index (χ2v) is 7.68. The summed E-state index contributed by atoms with van der Waals surface area (Å²) in [4.78, 5) is 23.6. The molecule has 2 fully saturated rings. The summed E-state index contributed by atoms with van der Waals surface area (Å²) in [5, 5.41) is 8.46. The summed E-state index contributed by atoms with van der Waals surface area (Å²) in [6.07, 6.45) is 9.83. The molecular formula is C19H32N4O2. The van der Waals surface area contributed by atoms with E-state index >= 15 is 0 Å². The van der Waals surface area contributed by atoms with Crippen molar-refractivity contribution in [2.75, 3.05) is 0 Å². The Hall–Kier alpha value is -1.72. The highest BCUT2D eigenvalue weighted by molar-refractivity contribution is 5.88. The molecule has 2 rings (SSSR count). The van der Waals surface area contributed by atoms with Crippen molar-refractivity contribution in [2.45, 2.75) is 84.5 Å². The molecule has 2 amide bonds. The number of hydrogen-bond donors (Lipinski definition) is 2. The van der Waals surface area contributed by atoms with Gasteiger partial charge < -0.3 is 0 Å². The van der Waals surface area contributed by atoms with Crippen LogP contribution in [0.2, 0.25) is 0 Å². The third-order valence-corrected chi connectivity index (χ3v) is 4.98. The lowest BCUT2D eigenvalue weighted by Crippen LogP contribution is -2.24. The van der Waals surface area contributed by atoms with E-state index in [4.69, 9.17) is 0 Å². The molecule has 2 atom stereocenters. The van der Waals surface area contributed by atoms with Crippen molar-refractivity contribution in [1.82, 2.24) is 10.9 Å². The number of carbonyl (C=O) groups excluding carboxylic acids is 2. The Kier molecular flexibility index (Phi) is 8.09. The first-order chi connectivity index (χ1) is 12.0. The lowest BCUT2D eigenvalue weighted by molar-refractivity contribution is -0.122. The maximum Gasteiger partial charge on any atom is 0.240 e. The Balaban J connectivity index is 1.59. The summed E-state index contributed by atoms with van der Waals surface area (Å²) in [6.45, 7) is 4.43. The fourth-order valence-corrected chi connectivity index (χ4v) is 3.53. The fourth-order valence-electron chi connectivity index (χ4n) is 3.53. The predicted molar refractivity (Wildman–Crippen MR) is 100 cm³/mol. The minimum Gasteiger partial charge on any atom is -0.273 e. The molecule has 0 spiro atoms. The second kappa shape index (κ2) is 10.3. The van der Waals surface area contributed by atoms with Gasteiger partial charge in [0.2, 0.25) is 11.8 Å². The van der Waals surface area contributed by atoms with E-state index < -0.39 is 0 Å². The van der Waals surface area contributed by atoms with E-state index in [2.05, 4.69) is 34.9 Å². The lowest BCUT2D eigenvalue weighted by Gasteiger charge is -2.19. The van der Waals surface area contributed by atoms with Gasteiger partial charge in [0.25, 0.3) is 0 Å². The Morgan fingerprint density at radius 1 is 0.880 bits per heavy atom. The molecule has 0 unspecified atom stereocenters. The molecule has 2 saturated carbocycles. The molecule has 0 radical (unpaired) electrons. The van der Waals surface area contributed by atoms with E-state index in [0.29, 0.717) is 31.1 Å². The van der Waals surface area contributed by atoms with Crippen LogP contribution in [0.3, 0.4) is 0 Å². The average molecular weight is 348 g/mol. The van der Waals surface area contributed by atoms with Crippen molar-refractivity contribution in [3.8, 4) is 0 Å². The molecule has 0 aromatic heterocycles. The minimum atomic E-state index is -0.119. The maximum absolute atomic E-state index is 11.8. The van der Waals surface area contributed by atoms with Gasteiger partial charge in [-0.15, -0.1) is 0 Å². The van der Waals surface area contributed by atoms with Crippen molar-refractivity contribution >= 4 is 23.2 Å². The summed E-state index contributed by atoms with van der Waals surface area (Å²) < 4.78 is 0. The molecule has 2 aliphatic carbocycles. The molecular weight excluding hydrogens is 316 g/mol. The van der Waals surface area contributed by atoms with Crippen LogP contribution in [0.15, 0.2) is 10.2 Å². The zero-order chi connectivity index (χ0) is 18.1. The van der Waals surface area contributed by atoms with Gasteiger partial charge in [-0.1, -0.05) is 13.8 Å². The van der Waals surface area contributed by atoms with E-state index in [1.165, 1.54) is 12.8 Å². The lowest BCUT2D eigenvalue weighted by atomic mass is 9.89. The average Bonchev–Trinajstić information content (AvgIpc) is 2.58. The van der Waals surface area contributed by atoms with Gasteiger partial charge in [-0.2, -0.15) is 10.2 Å². The number of nitrogens with zero attached hydrogens (tertiary/aromatic N) is 2. The standard InChI is InChI=1S/C19H32N4O2/c1-14-6-3-8-16(12-14)20-22-18(24)10-5-11-19(25)23-21-17-9-4-7-15(2)13-17/h14-15H,3-13H2,1-2H3,(H,22,24)(H,23,25)/t14-,15-/m1/s1. The van der Waals surface area contributed by atoms with E-state index in [0.717, 1.165) is 49.9 Å². The summed E-state index contributed by atoms with van der Waals surface area (Å²) in [7, 11) is 0. The second-order valence-electron chi connectivity index (χ2n) is 7.68. The number of hydrogen-bond acceptors (Lipinski definition) is 4. The van der Waals surface area contributed by atoms with E-state index in [-0.39, 0.29) is 11.8 Å². The summed E-state index contributed by atoms with van der Waals surface area (Å²) in [6, 6.07) is 0. The number of nitrogens with one attached hydrogen (secondary N) is 2. The van der Waals surface area contributed by atoms with Crippen LogP contribution in [0.1, 0.15) is 84.5 Å². The largest absolute Gasteiger partial charge is 0.273 e. The zero-order valence-corrected chi connectivity index (χ0v) is 15.6. The van der Waals surface area contributed by atoms with Gasteiger partial charge in [0.1, 0.15) is 0 Å². The molecule has 0 heterocycles. The van der Waals surface area contributed by atoms with E-state index in [1.54, 1.807) is 0 Å². The normalized spacial score (nSPS) is 27.3. The van der Waals surface area contributed by atoms with Crippen LogP contribution in [-0.4, -0.2) is 23.2 Å². The molecule has 0 saturated heterocycles. The number of rotatable bonds is 6. The Labute approximate surface area is 150 Å². The Bertz CT molecular complexity index is 482. The van der Waals surface area contributed by atoms with Crippen LogP contribution >= 0.6 is 0 Å². The monoisotopic (exact) mass is 348 g/mol. The van der Waals surface area contributed by atoms with Gasteiger partial charge in [0.15, 0.2) is 0 Å². The summed E-state index contributed by atoms with van der Waals surface area (Å²) in [5.74, 6) is 1.07. The van der Waals surface area contributed by atoms with Crippen molar-refractivity contribution < 1.29 is 9.59 Å². The highest BCUT2D eigenvalue weighted by atomic mass is 16.2. The quantitative estimate of drug-likeness (QED) is 0.720. The Morgan fingerprint density at radius 3 is 1.72 bits per heavy atom. The van der Waals surface area contributed by atoms with Crippen LogP contribution < -0.4 is 10.9 Å². The molecule has 6 heteroatoms. The van der Waals surface area contributed by atoms with Gasteiger partial charge in [-0.25, -0.2) is 10.9 Å². The molecule has 0 aliphatic heterocycles. The van der Waals surface area contributed by atoms with Crippen molar-refractivity contribution in [3.63, 3.8) is 0 Å². The molecule has 140 valence electrons. The van der Waals surface area contributed by atoms with E-state index in [1.807, 2.05) is 0 Å². The molecule has 2 N–H and O–H groups in total. The van der Waals surface area contributed by atoms with Crippen LogP contribution in [0.5, 0.6) is 0 Å². The van der Waals surface area contributed by atoms with Crippen molar-refractivity contribution in [3.05, 3.63) is 0 Å². The fraction of sp³-hybridized carbons (Fsp3) is 0.789. The first-order valence-electron chi connectivity index (χ1n) is 9.71. The molecule has 6 nitrogen and oxygen atoms in total. The number of hydrazone groups is 2. The smallest absolute Gasteiger partial charge is 0.240 e. The highest BCUT2D eigenvalue weighted by Gasteiger charge is 2.15. The molecule has 0 aromatic carbocycles. The Morgan fingerprint density at radius 2 is 1.32 bits per heavy atom. The molecule has 2 aliphatic rings. The molecule has 0 bridgehead atoms. The summed E-state index contributed by atoms with van der Waals surface area (Å²) in [5.41, 5.74) is 7.42. The summed E-state index contributed by atoms with van der Waals surface area (Å²) >= 11 is 0. The van der Waals surface area contributed by atoms with Gasteiger partial charge in [-0.05, 0) is 69.6 Å². The van der Waals surface area contributed by atoms with Crippen LogP contribution in [-0.2, 0) is 9.59 Å². The van der Waals surface area contributed by atoms with Gasteiger partial charge >= 0.3 is 0 Å².